The Kier molecular flexibility index (Phi) is 7.97. The smallest absolute Gasteiger partial charge is 0.176 e. The Morgan fingerprint density at radius 3 is 2.20 bits per heavy atom. The minimum atomic E-state index is 0.144. The van der Waals surface area contributed by atoms with Gasteiger partial charge in [0.1, 0.15) is 5.75 Å². The van der Waals surface area contributed by atoms with Crippen molar-refractivity contribution < 1.29 is 9.53 Å². The maximum atomic E-state index is 12.1. The molecule has 0 unspecified atom stereocenters. The summed E-state index contributed by atoms with van der Waals surface area (Å²) in [5, 5.41) is 3.38. The van der Waals surface area contributed by atoms with Crippen molar-refractivity contribution in [2.24, 2.45) is 0 Å². The Morgan fingerprint density at radius 1 is 1.10 bits per heavy atom. The molecule has 3 nitrogen and oxygen atoms in total. The first-order valence-electron chi connectivity index (χ1n) is 7.70. The van der Waals surface area contributed by atoms with Gasteiger partial charge < -0.3 is 10.1 Å². The number of Topliss-reactive ketones (excluding diaryl/α,β-unsaturated/α-hetero) is 1. The maximum Gasteiger partial charge on any atom is 0.176 e. The van der Waals surface area contributed by atoms with E-state index in [0.717, 1.165) is 37.0 Å². The van der Waals surface area contributed by atoms with Gasteiger partial charge in [0, 0.05) is 11.6 Å². The zero-order valence-electron chi connectivity index (χ0n) is 12.9. The number of benzene rings is 1. The minimum Gasteiger partial charge on any atom is -0.494 e. The van der Waals surface area contributed by atoms with E-state index in [-0.39, 0.29) is 5.78 Å². The number of rotatable bonds is 10. The van der Waals surface area contributed by atoms with E-state index in [1.54, 1.807) is 0 Å². The van der Waals surface area contributed by atoms with E-state index in [4.69, 9.17) is 4.74 Å². The van der Waals surface area contributed by atoms with Crippen LogP contribution in [0.1, 0.15) is 56.8 Å². The number of nitrogens with one attached hydrogen (secondary N) is 1. The van der Waals surface area contributed by atoms with Crippen LogP contribution in [0.2, 0.25) is 0 Å². The molecule has 1 rings (SSSR count). The fourth-order valence-corrected chi connectivity index (χ4v) is 2.29. The second kappa shape index (κ2) is 9.54. The van der Waals surface area contributed by atoms with Crippen molar-refractivity contribution in [3.63, 3.8) is 0 Å². The number of ketones is 1. The first-order valence-corrected chi connectivity index (χ1v) is 7.70. The third-order valence-electron chi connectivity index (χ3n) is 3.31. The Bertz CT molecular complexity index is 380. The SMILES string of the molecule is CCCC(CCC)NCC(=O)c1ccc(OCC)cc1. The predicted octanol–water partition coefficient (Wildman–Crippen LogP) is 3.83. The fourth-order valence-electron chi connectivity index (χ4n) is 2.29. The Morgan fingerprint density at radius 2 is 1.70 bits per heavy atom. The van der Waals surface area contributed by atoms with Crippen molar-refractivity contribution in [1.82, 2.24) is 5.32 Å². The minimum absolute atomic E-state index is 0.144. The largest absolute Gasteiger partial charge is 0.494 e. The van der Waals surface area contributed by atoms with Gasteiger partial charge in [0.2, 0.25) is 0 Å². The van der Waals surface area contributed by atoms with Crippen LogP contribution in [0, 0.1) is 0 Å². The average molecular weight is 277 g/mol. The molecule has 1 aromatic rings. The highest BCUT2D eigenvalue weighted by Gasteiger charge is 2.10. The van der Waals surface area contributed by atoms with Crippen LogP contribution in [0.15, 0.2) is 24.3 Å². The van der Waals surface area contributed by atoms with Gasteiger partial charge in [-0.05, 0) is 44.0 Å². The molecule has 0 aliphatic rings. The maximum absolute atomic E-state index is 12.1. The molecule has 0 spiro atoms. The average Bonchev–Trinajstić information content (AvgIpc) is 2.46. The van der Waals surface area contributed by atoms with Crippen molar-refractivity contribution in [2.45, 2.75) is 52.5 Å². The quantitative estimate of drug-likeness (QED) is 0.661. The van der Waals surface area contributed by atoms with Crippen LogP contribution in [0.3, 0.4) is 0 Å². The van der Waals surface area contributed by atoms with Crippen LogP contribution in [-0.2, 0) is 0 Å². The third-order valence-corrected chi connectivity index (χ3v) is 3.31. The van der Waals surface area contributed by atoms with E-state index in [0.29, 0.717) is 19.2 Å². The van der Waals surface area contributed by atoms with Gasteiger partial charge in [-0.2, -0.15) is 0 Å². The van der Waals surface area contributed by atoms with Gasteiger partial charge in [-0.15, -0.1) is 0 Å². The van der Waals surface area contributed by atoms with E-state index >= 15 is 0 Å². The van der Waals surface area contributed by atoms with E-state index in [2.05, 4.69) is 19.2 Å². The summed E-state index contributed by atoms with van der Waals surface area (Å²) >= 11 is 0. The number of ether oxygens (including phenoxy) is 1. The first-order chi connectivity index (χ1) is 9.71. The molecule has 0 aliphatic heterocycles. The molecule has 1 N–H and O–H groups in total. The molecule has 0 aliphatic carbocycles. The molecule has 3 heteroatoms. The highest BCUT2D eigenvalue weighted by molar-refractivity contribution is 5.97. The molecular weight excluding hydrogens is 250 g/mol. The lowest BCUT2D eigenvalue weighted by Gasteiger charge is -2.16. The molecule has 0 heterocycles. The van der Waals surface area contributed by atoms with Gasteiger partial charge in [0.05, 0.1) is 13.2 Å². The predicted molar refractivity (Wildman–Crippen MR) is 83.5 cm³/mol. The molecule has 0 saturated heterocycles. The summed E-state index contributed by atoms with van der Waals surface area (Å²) in [6.45, 7) is 7.37. The van der Waals surface area contributed by atoms with Gasteiger partial charge in [-0.25, -0.2) is 0 Å². The number of carbonyl (C=O) groups excluding carboxylic acids is 1. The van der Waals surface area contributed by atoms with Crippen LogP contribution in [0.25, 0.3) is 0 Å². The lowest BCUT2D eigenvalue weighted by Crippen LogP contribution is -2.33. The van der Waals surface area contributed by atoms with Crippen LogP contribution >= 0.6 is 0 Å². The van der Waals surface area contributed by atoms with E-state index in [9.17, 15) is 4.79 Å². The van der Waals surface area contributed by atoms with Crippen LogP contribution in [0.4, 0.5) is 0 Å². The van der Waals surface area contributed by atoms with Gasteiger partial charge in [-0.1, -0.05) is 26.7 Å². The van der Waals surface area contributed by atoms with Crippen molar-refractivity contribution in [2.75, 3.05) is 13.2 Å². The number of hydrogen-bond acceptors (Lipinski definition) is 3. The summed E-state index contributed by atoms with van der Waals surface area (Å²) in [7, 11) is 0. The topological polar surface area (TPSA) is 38.3 Å². The lowest BCUT2D eigenvalue weighted by molar-refractivity contribution is 0.0986. The van der Waals surface area contributed by atoms with Crippen LogP contribution in [-0.4, -0.2) is 25.0 Å². The van der Waals surface area contributed by atoms with E-state index in [1.165, 1.54) is 0 Å². The van der Waals surface area contributed by atoms with E-state index in [1.807, 2.05) is 31.2 Å². The Hall–Kier alpha value is -1.35. The molecule has 0 saturated carbocycles. The summed E-state index contributed by atoms with van der Waals surface area (Å²) < 4.78 is 5.38. The Labute approximate surface area is 122 Å². The first kappa shape index (κ1) is 16.7. The summed E-state index contributed by atoms with van der Waals surface area (Å²) in [4.78, 5) is 12.1. The molecule has 0 aromatic heterocycles. The molecule has 0 atom stereocenters. The number of hydrogen-bond donors (Lipinski definition) is 1. The lowest BCUT2D eigenvalue weighted by atomic mass is 10.1. The van der Waals surface area contributed by atoms with Gasteiger partial charge >= 0.3 is 0 Å². The zero-order valence-corrected chi connectivity index (χ0v) is 12.9. The van der Waals surface area contributed by atoms with Crippen molar-refractivity contribution in [3.05, 3.63) is 29.8 Å². The third kappa shape index (κ3) is 5.74. The normalized spacial score (nSPS) is 10.8. The molecule has 20 heavy (non-hydrogen) atoms. The molecule has 1 aromatic carbocycles. The molecular formula is C17H27NO2. The van der Waals surface area contributed by atoms with E-state index < -0.39 is 0 Å². The summed E-state index contributed by atoms with van der Waals surface area (Å²) in [5.41, 5.74) is 0.743. The molecule has 0 fully saturated rings. The fraction of sp³-hybridized carbons (Fsp3) is 0.588. The number of carbonyl (C=O) groups is 1. The van der Waals surface area contributed by atoms with Crippen molar-refractivity contribution in [3.8, 4) is 5.75 Å². The van der Waals surface area contributed by atoms with Crippen LogP contribution in [0.5, 0.6) is 5.75 Å². The molecule has 0 amide bonds. The van der Waals surface area contributed by atoms with Crippen LogP contribution < -0.4 is 10.1 Å². The molecule has 112 valence electrons. The van der Waals surface area contributed by atoms with Gasteiger partial charge in [-0.3, -0.25) is 4.79 Å². The van der Waals surface area contributed by atoms with Gasteiger partial charge in [0.25, 0.3) is 0 Å². The second-order valence-electron chi connectivity index (χ2n) is 5.04. The molecule has 0 bridgehead atoms. The van der Waals surface area contributed by atoms with Crippen molar-refractivity contribution in [1.29, 1.82) is 0 Å². The van der Waals surface area contributed by atoms with Gasteiger partial charge in [0.15, 0.2) is 5.78 Å². The zero-order chi connectivity index (χ0) is 14.8. The second-order valence-corrected chi connectivity index (χ2v) is 5.04. The highest BCUT2D eigenvalue weighted by atomic mass is 16.5. The molecule has 0 radical (unpaired) electrons. The summed E-state index contributed by atoms with van der Waals surface area (Å²) in [6.07, 6.45) is 4.55. The Balaban J connectivity index is 2.48. The summed E-state index contributed by atoms with van der Waals surface area (Å²) in [6, 6.07) is 7.84. The monoisotopic (exact) mass is 277 g/mol. The van der Waals surface area contributed by atoms with Crippen molar-refractivity contribution >= 4 is 5.78 Å². The summed E-state index contributed by atoms with van der Waals surface area (Å²) in [5.74, 6) is 0.956. The standard InChI is InChI=1S/C17H27NO2/c1-4-7-15(8-5-2)18-13-17(19)14-9-11-16(12-10-14)20-6-3/h9-12,15,18H,4-8,13H2,1-3H3. The highest BCUT2D eigenvalue weighted by Crippen LogP contribution is 2.12.